The first-order valence-corrected chi connectivity index (χ1v) is 19.5. The number of nitrogens with one attached hydrogen (secondary N) is 1. The maximum Gasteiger partial charge on any atom is 0.410 e. The van der Waals surface area contributed by atoms with Gasteiger partial charge >= 0.3 is 6.09 Å². The number of likely N-dealkylation sites (tertiary alicyclic amines) is 3. The predicted octanol–water partition coefficient (Wildman–Crippen LogP) is 6.59. The Labute approximate surface area is 296 Å². The molecule has 0 aliphatic carbocycles. The summed E-state index contributed by atoms with van der Waals surface area (Å²) in [6.07, 6.45) is 10.3. The molecule has 6 aliphatic rings. The van der Waals surface area contributed by atoms with Gasteiger partial charge in [-0.3, -0.25) is 9.80 Å². The standard InChI is InChI=1S/C23H35N3O2.C18H27N3/c1-22(2,3)28-21(27)26-17-23(18-26)10-14-24(15-11-23)16-19-6-8-20(9-7-19)25-12-4-5-13-25;1-2-10-21(9-1)17-5-3-16(4-6-17)13-20-11-7-18(8-12-20)14-19-15-18/h6-9H,4-5,10-18H2,1-3H3;3-6,19H,1-2,7-15H2. The number of anilines is 2. The van der Waals surface area contributed by atoms with Crippen LogP contribution in [-0.4, -0.2) is 105 Å². The quantitative estimate of drug-likeness (QED) is 0.372. The second kappa shape index (κ2) is 14.8. The lowest BCUT2D eigenvalue weighted by atomic mass is 9.72. The molecule has 6 heterocycles. The third-order valence-corrected chi connectivity index (χ3v) is 12.2. The fourth-order valence-electron chi connectivity index (χ4n) is 8.83. The van der Waals surface area contributed by atoms with Gasteiger partial charge in [0.25, 0.3) is 0 Å². The first kappa shape index (κ1) is 34.6. The Hall–Kier alpha value is -2.81. The van der Waals surface area contributed by atoms with Gasteiger partial charge in [-0.25, -0.2) is 4.79 Å². The number of amides is 1. The summed E-state index contributed by atoms with van der Waals surface area (Å²) < 4.78 is 5.50. The van der Waals surface area contributed by atoms with E-state index >= 15 is 0 Å². The summed E-state index contributed by atoms with van der Waals surface area (Å²) in [7, 11) is 0. The SMILES string of the molecule is CC(C)(C)OC(=O)N1CC2(CCN(Cc3ccc(N4CCCC4)cc3)CC2)C1.c1cc(N2CCCC2)ccc1CN1CCC2(CC1)CNC2. The van der Waals surface area contributed by atoms with Gasteiger partial charge in [0.05, 0.1) is 0 Å². The topological polar surface area (TPSA) is 54.5 Å². The molecule has 0 aromatic heterocycles. The summed E-state index contributed by atoms with van der Waals surface area (Å²) in [5, 5.41) is 3.45. The molecule has 2 spiro atoms. The molecular weight excluding hydrogens is 608 g/mol. The van der Waals surface area contributed by atoms with Gasteiger partial charge in [-0.15, -0.1) is 0 Å². The minimum atomic E-state index is -0.409. The van der Waals surface area contributed by atoms with E-state index in [9.17, 15) is 4.79 Å². The highest BCUT2D eigenvalue weighted by atomic mass is 16.6. The molecule has 6 saturated heterocycles. The average molecular weight is 671 g/mol. The highest BCUT2D eigenvalue weighted by Gasteiger charge is 2.47. The molecule has 0 saturated carbocycles. The van der Waals surface area contributed by atoms with Crippen molar-refractivity contribution in [3.05, 3.63) is 59.7 Å². The van der Waals surface area contributed by atoms with Crippen molar-refractivity contribution in [3.63, 3.8) is 0 Å². The van der Waals surface area contributed by atoms with Crippen molar-refractivity contribution in [2.45, 2.75) is 90.8 Å². The van der Waals surface area contributed by atoms with Crippen molar-refractivity contribution >= 4 is 17.5 Å². The highest BCUT2D eigenvalue weighted by Crippen LogP contribution is 2.41. The van der Waals surface area contributed by atoms with Gasteiger partial charge in [0.2, 0.25) is 0 Å². The summed E-state index contributed by atoms with van der Waals surface area (Å²) >= 11 is 0. The van der Waals surface area contributed by atoms with Crippen LogP contribution in [0.25, 0.3) is 0 Å². The van der Waals surface area contributed by atoms with Gasteiger partial charge in [0.15, 0.2) is 0 Å². The van der Waals surface area contributed by atoms with E-state index in [2.05, 4.69) is 73.4 Å². The van der Waals surface area contributed by atoms with E-state index in [0.717, 1.165) is 39.3 Å². The molecule has 0 bridgehead atoms. The number of carbonyl (C=O) groups is 1. The Morgan fingerprint density at radius 3 is 1.41 bits per heavy atom. The maximum absolute atomic E-state index is 12.2. The Morgan fingerprint density at radius 2 is 1.04 bits per heavy atom. The molecular formula is C41H62N6O2. The van der Waals surface area contributed by atoms with E-state index in [0.29, 0.717) is 10.8 Å². The van der Waals surface area contributed by atoms with Crippen molar-refractivity contribution in [2.24, 2.45) is 10.8 Å². The highest BCUT2D eigenvalue weighted by molar-refractivity contribution is 5.69. The van der Waals surface area contributed by atoms with Crippen molar-refractivity contribution in [1.29, 1.82) is 0 Å². The number of rotatable bonds is 6. The lowest BCUT2D eigenvalue weighted by Gasteiger charge is -2.53. The minimum absolute atomic E-state index is 0.154. The molecule has 6 fully saturated rings. The van der Waals surface area contributed by atoms with Crippen LogP contribution in [0.5, 0.6) is 0 Å². The molecule has 0 radical (unpaired) electrons. The van der Waals surface area contributed by atoms with E-state index < -0.39 is 5.60 Å². The van der Waals surface area contributed by atoms with E-state index in [1.807, 2.05) is 25.7 Å². The first-order valence-electron chi connectivity index (χ1n) is 19.5. The zero-order chi connectivity index (χ0) is 33.9. The molecule has 8 nitrogen and oxygen atoms in total. The van der Waals surface area contributed by atoms with Gasteiger partial charge in [0.1, 0.15) is 5.60 Å². The monoisotopic (exact) mass is 670 g/mol. The largest absolute Gasteiger partial charge is 0.444 e. The van der Waals surface area contributed by atoms with E-state index in [-0.39, 0.29) is 6.09 Å². The molecule has 2 aromatic rings. The first-order chi connectivity index (χ1) is 23.6. The molecule has 2 aromatic carbocycles. The lowest BCUT2D eigenvalue weighted by Crippen LogP contribution is -2.62. The number of hydrogen-bond donors (Lipinski definition) is 1. The van der Waals surface area contributed by atoms with Gasteiger partial charge in [-0.1, -0.05) is 24.3 Å². The molecule has 6 aliphatic heterocycles. The van der Waals surface area contributed by atoms with Gasteiger partial charge in [-0.05, 0) is 139 Å². The van der Waals surface area contributed by atoms with Crippen LogP contribution < -0.4 is 15.1 Å². The maximum atomic E-state index is 12.2. The second-order valence-corrected chi connectivity index (χ2v) is 17.2. The molecule has 0 unspecified atom stereocenters. The predicted molar refractivity (Wildman–Crippen MR) is 200 cm³/mol. The van der Waals surface area contributed by atoms with Crippen LogP contribution in [0.2, 0.25) is 0 Å². The van der Waals surface area contributed by atoms with Crippen molar-refractivity contribution < 1.29 is 9.53 Å². The zero-order valence-electron chi connectivity index (χ0n) is 30.7. The van der Waals surface area contributed by atoms with Crippen LogP contribution in [0.1, 0.15) is 83.3 Å². The van der Waals surface area contributed by atoms with Gasteiger partial charge in [-0.2, -0.15) is 0 Å². The zero-order valence-corrected chi connectivity index (χ0v) is 30.7. The Balaban J connectivity index is 0.000000160. The van der Waals surface area contributed by atoms with Crippen LogP contribution >= 0.6 is 0 Å². The summed E-state index contributed by atoms with van der Waals surface area (Å²) in [5.74, 6) is 0. The van der Waals surface area contributed by atoms with Gasteiger partial charge < -0.3 is 24.8 Å². The average Bonchev–Trinajstić information content (AvgIpc) is 3.80. The lowest BCUT2D eigenvalue weighted by molar-refractivity contribution is -0.0600. The Bertz CT molecular complexity index is 1350. The molecule has 0 atom stereocenters. The number of ether oxygens (including phenoxy) is 1. The van der Waals surface area contributed by atoms with Crippen LogP contribution in [0, 0.1) is 10.8 Å². The number of nitrogens with zero attached hydrogens (tertiary/aromatic N) is 5. The van der Waals surface area contributed by atoms with Crippen LogP contribution in [0.4, 0.5) is 16.2 Å². The van der Waals surface area contributed by atoms with Crippen LogP contribution in [0.3, 0.4) is 0 Å². The fourth-order valence-corrected chi connectivity index (χ4v) is 8.83. The minimum Gasteiger partial charge on any atom is -0.444 e. The number of carbonyl (C=O) groups excluding carboxylic acids is 1. The van der Waals surface area contributed by atoms with Crippen molar-refractivity contribution in [3.8, 4) is 0 Å². The number of hydrogen-bond acceptors (Lipinski definition) is 7. The molecule has 49 heavy (non-hydrogen) atoms. The number of benzene rings is 2. The fraction of sp³-hybridized carbons (Fsp3) is 0.683. The summed E-state index contributed by atoms with van der Waals surface area (Å²) in [6, 6.07) is 18.5. The number of piperidine rings is 2. The third kappa shape index (κ3) is 8.74. The normalized spacial score (nSPS) is 23.6. The van der Waals surface area contributed by atoms with Crippen molar-refractivity contribution in [1.82, 2.24) is 20.0 Å². The molecule has 1 N–H and O–H groups in total. The third-order valence-electron chi connectivity index (χ3n) is 12.2. The Morgan fingerprint density at radius 1 is 0.633 bits per heavy atom. The van der Waals surface area contributed by atoms with Crippen LogP contribution in [0.15, 0.2) is 48.5 Å². The molecule has 8 heteroatoms. The van der Waals surface area contributed by atoms with E-state index in [4.69, 9.17) is 4.74 Å². The van der Waals surface area contributed by atoms with Gasteiger partial charge in [0, 0.05) is 82.2 Å². The Kier molecular flexibility index (Phi) is 10.5. The summed E-state index contributed by atoms with van der Waals surface area (Å²) in [6.45, 7) is 21.8. The van der Waals surface area contributed by atoms with E-state index in [1.165, 1.54) is 126 Å². The smallest absolute Gasteiger partial charge is 0.410 e. The molecule has 8 rings (SSSR count). The molecule has 1 amide bonds. The van der Waals surface area contributed by atoms with E-state index in [1.54, 1.807) is 0 Å². The second-order valence-electron chi connectivity index (χ2n) is 17.2. The molecule has 268 valence electrons. The summed E-state index contributed by atoms with van der Waals surface area (Å²) in [4.78, 5) is 24.3. The van der Waals surface area contributed by atoms with Crippen molar-refractivity contribution in [2.75, 3.05) is 88.3 Å². The van der Waals surface area contributed by atoms with Crippen LogP contribution in [-0.2, 0) is 17.8 Å². The summed E-state index contributed by atoms with van der Waals surface area (Å²) in [5.41, 5.74) is 6.24.